The summed E-state index contributed by atoms with van der Waals surface area (Å²) in [6, 6.07) is 0.607. The Morgan fingerprint density at radius 3 is 2.67 bits per heavy atom. The zero-order valence-corrected chi connectivity index (χ0v) is 7.49. The van der Waals surface area contributed by atoms with Crippen molar-refractivity contribution in [3.05, 3.63) is 0 Å². The summed E-state index contributed by atoms with van der Waals surface area (Å²) in [5.74, 6) is 0.457. The number of hydrogen-bond acceptors (Lipinski definition) is 2. The highest BCUT2D eigenvalue weighted by Gasteiger charge is 2.43. The number of carbonyl (C=O) groups is 1. The van der Waals surface area contributed by atoms with E-state index in [0.29, 0.717) is 11.9 Å². The van der Waals surface area contributed by atoms with E-state index >= 15 is 0 Å². The lowest BCUT2D eigenvalue weighted by Gasteiger charge is -2.21. The van der Waals surface area contributed by atoms with Crippen LogP contribution < -0.4 is 5.73 Å². The van der Waals surface area contributed by atoms with E-state index in [0.717, 1.165) is 25.8 Å². The van der Waals surface area contributed by atoms with E-state index < -0.39 is 0 Å². The molecule has 1 saturated carbocycles. The van der Waals surface area contributed by atoms with Gasteiger partial charge in [-0.3, -0.25) is 4.79 Å². The number of carbonyl (C=O) groups excluding carboxylic acids is 1. The Kier molecular flexibility index (Phi) is 1.83. The first-order valence-electron chi connectivity index (χ1n) is 4.76. The van der Waals surface area contributed by atoms with Gasteiger partial charge in [-0.15, -0.1) is 0 Å². The van der Waals surface area contributed by atoms with Crippen molar-refractivity contribution in [1.82, 2.24) is 4.90 Å². The van der Waals surface area contributed by atoms with Crippen LogP contribution in [0.5, 0.6) is 0 Å². The molecular weight excluding hydrogens is 152 g/mol. The molecule has 0 bridgehead atoms. The van der Waals surface area contributed by atoms with Gasteiger partial charge in [-0.25, -0.2) is 0 Å². The molecule has 2 fully saturated rings. The second kappa shape index (κ2) is 2.73. The van der Waals surface area contributed by atoms with Crippen LogP contribution in [0.15, 0.2) is 0 Å². The lowest BCUT2D eigenvalue weighted by molar-refractivity contribution is -0.133. The summed E-state index contributed by atoms with van der Waals surface area (Å²) in [7, 11) is 0. The van der Waals surface area contributed by atoms with Crippen LogP contribution in [-0.2, 0) is 4.79 Å². The maximum Gasteiger partial charge on any atom is 0.227 e. The van der Waals surface area contributed by atoms with Gasteiger partial charge in [0.05, 0.1) is 5.92 Å². The Hall–Kier alpha value is -0.570. The molecule has 0 aromatic rings. The van der Waals surface area contributed by atoms with E-state index in [-0.39, 0.29) is 12.0 Å². The molecule has 3 atom stereocenters. The van der Waals surface area contributed by atoms with Gasteiger partial charge in [0.2, 0.25) is 5.91 Å². The predicted octanol–water partition coefficient (Wildman–Crippen LogP) is 0.345. The van der Waals surface area contributed by atoms with Crippen LogP contribution in [0.2, 0.25) is 0 Å². The van der Waals surface area contributed by atoms with Crippen molar-refractivity contribution in [1.29, 1.82) is 0 Å². The molecule has 0 spiro atoms. The van der Waals surface area contributed by atoms with Crippen LogP contribution in [0.25, 0.3) is 0 Å². The van der Waals surface area contributed by atoms with E-state index in [1.165, 1.54) is 0 Å². The molecule has 1 amide bonds. The molecule has 0 aromatic carbocycles. The van der Waals surface area contributed by atoms with Gasteiger partial charge in [0.25, 0.3) is 0 Å². The lowest BCUT2D eigenvalue weighted by Crippen LogP contribution is -2.36. The van der Waals surface area contributed by atoms with Gasteiger partial charge >= 0.3 is 0 Å². The SMILES string of the molecule is CC1CCCN1C(=O)C1CC1N. The zero-order chi connectivity index (χ0) is 8.72. The molecule has 3 heteroatoms. The number of hydrogen-bond donors (Lipinski definition) is 1. The van der Waals surface area contributed by atoms with E-state index in [2.05, 4.69) is 6.92 Å². The summed E-state index contributed by atoms with van der Waals surface area (Å²) < 4.78 is 0. The van der Waals surface area contributed by atoms with Crippen molar-refractivity contribution in [3.8, 4) is 0 Å². The fraction of sp³-hybridized carbons (Fsp3) is 0.889. The van der Waals surface area contributed by atoms with Crippen LogP contribution in [-0.4, -0.2) is 29.4 Å². The summed E-state index contributed by atoms with van der Waals surface area (Å²) in [6.07, 6.45) is 3.23. The fourth-order valence-electron chi connectivity index (χ4n) is 1.97. The molecule has 68 valence electrons. The Morgan fingerprint density at radius 2 is 2.25 bits per heavy atom. The molecule has 0 aromatic heterocycles. The zero-order valence-electron chi connectivity index (χ0n) is 7.49. The highest BCUT2D eigenvalue weighted by Crippen LogP contribution is 2.32. The van der Waals surface area contributed by atoms with Crippen molar-refractivity contribution in [2.45, 2.75) is 38.3 Å². The van der Waals surface area contributed by atoms with Crippen LogP contribution in [0.1, 0.15) is 26.2 Å². The van der Waals surface area contributed by atoms with Crippen LogP contribution in [0.3, 0.4) is 0 Å². The first kappa shape index (κ1) is 8.05. The van der Waals surface area contributed by atoms with Crippen molar-refractivity contribution in [3.63, 3.8) is 0 Å². The maximum absolute atomic E-state index is 11.7. The van der Waals surface area contributed by atoms with Gasteiger partial charge in [0.15, 0.2) is 0 Å². The van der Waals surface area contributed by atoms with E-state index in [9.17, 15) is 4.79 Å². The Morgan fingerprint density at radius 1 is 1.58 bits per heavy atom. The third-order valence-electron chi connectivity index (χ3n) is 2.99. The Bertz CT molecular complexity index is 205. The van der Waals surface area contributed by atoms with E-state index in [4.69, 9.17) is 5.73 Å². The van der Waals surface area contributed by atoms with Gasteiger partial charge in [-0.05, 0) is 26.2 Å². The number of nitrogens with two attached hydrogens (primary N) is 1. The van der Waals surface area contributed by atoms with Crippen molar-refractivity contribution >= 4 is 5.91 Å². The lowest BCUT2D eigenvalue weighted by atomic mass is 10.2. The summed E-state index contributed by atoms with van der Waals surface area (Å²) in [5, 5.41) is 0. The first-order valence-corrected chi connectivity index (χ1v) is 4.76. The van der Waals surface area contributed by atoms with Crippen LogP contribution in [0.4, 0.5) is 0 Å². The van der Waals surface area contributed by atoms with Crippen molar-refractivity contribution in [2.24, 2.45) is 11.7 Å². The van der Waals surface area contributed by atoms with Crippen molar-refractivity contribution in [2.75, 3.05) is 6.54 Å². The van der Waals surface area contributed by atoms with Gasteiger partial charge in [-0.2, -0.15) is 0 Å². The maximum atomic E-state index is 11.7. The summed E-state index contributed by atoms with van der Waals surface area (Å²) >= 11 is 0. The second-order valence-electron chi connectivity index (χ2n) is 4.03. The standard InChI is InChI=1S/C9H16N2O/c1-6-3-2-4-11(6)9(12)7-5-8(7)10/h6-8H,2-5,10H2,1H3. The normalized spacial score (nSPS) is 40.2. The Labute approximate surface area is 72.9 Å². The van der Waals surface area contributed by atoms with Crippen molar-refractivity contribution < 1.29 is 4.79 Å². The van der Waals surface area contributed by atoms with E-state index in [1.54, 1.807) is 0 Å². The number of nitrogens with zero attached hydrogens (tertiary/aromatic N) is 1. The quantitative estimate of drug-likeness (QED) is 0.614. The molecule has 1 saturated heterocycles. The highest BCUT2D eigenvalue weighted by molar-refractivity contribution is 5.82. The van der Waals surface area contributed by atoms with Crippen LogP contribution in [0, 0.1) is 5.92 Å². The molecule has 0 radical (unpaired) electrons. The Balaban J connectivity index is 1.95. The smallest absolute Gasteiger partial charge is 0.227 e. The fourth-order valence-corrected chi connectivity index (χ4v) is 1.97. The number of amides is 1. The van der Waals surface area contributed by atoms with E-state index in [1.807, 2.05) is 4.90 Å². The minimum Gasteiger partial charge on any atom is -0.340 e. The average molecular weight is 168 g/mol. The molecule has 1 aliphatic carbocycles. The predicted molar refractivity (Wildman–Crippen MR) is 46.5 cm³/mol. The van der Waals surface area contributed by atoms with Gasteiger partial charge < -0.3 is 10.6 Å². The molecular formula is C9H16N2O. The molecule has 2 rings (SSSR count). The molecule has 12 heavy (non-hydrogen) atoms. The monoisotopic (exact) mass is 168 g/mol. The minimum absolute atomic E-state index is 0.158. The minimum atomic E-state index is 0.158. The number of rotatable bonds is 1. The largest absolute Gasteiger partial charge is 0.340 e. The third kappa shape index (κ3) is 1.22. The molecule has 2 aliphatic rings. The van der Waals surface area contributed by atoms with Gasteiger partial charge in [-0.1, -0.05) is 0 Å². The topological polar surface area (TPSA) is 46.3 Å². The molecule has 1 aliphatic heterocycles. The summed E-state index contributed by atoms with van der Waals surface area (Å²) in [5.41, 5.74) is 5.63. The molecule has 1 heterocycles. The molecule has 3 nitrogen and oxygen atoms in total. The number of likely N-dealkylation sites (tertiary alicyclic amines) is 1. The molecule has 3 unspecified atom stereocenters. The summed E-state index contributed by atoms with van der Waals surface area (Å²) in [4.78, 5) is 13.7. The summed E-state index contributed by atoms with van der Waals surface area (Å²) in [6.45, 7) is 3.07. The van der Waals surface area contributed by atoms with Crippen LogP contribution >= 0.6 is 0 Å². The third-order valence-corrected chi connectivity index (χ3v) is 2.99. The highest BCUT2D eigenvalue weighted by atomic mass is 16.2. The average Bonchev–Trinajstić information content (AvgIpc) is 2.59. The first-order chi connectivity index (χ1) is 5.70. The molecule has 2 N–H and O–H groups in total. The van der Waals surface area contributed by atoms with Gasteiger partial charge in [0.1, 0.15) is 0 Å². The van der Waals surface area contributed by atoms with Gasteiger partial charge in [0, 0.05) is 18.6 Å². The second-order valence-corrected chi connectivity index (χ2v) is 4.03.